The van der Waals surface area contributed by atoms with Gasteiger partial charge in [-0.25, -0.2) is 9.50 Å². The number of likely N-dealkylation sites (tertiary alicyclic amines) is 1. The highest BCUT2D eigenvalue weighted by atomic mass is 32.1. The Kier molecular flexibility index (Phi) is 5.75. The lowest BCUT2D eigenvalue weighted by atomic mass is 9.97. The van der Waals surface area contributed by atoms with Crippen LogP contribution in [0.1, 0.15) is 67.3 Å². The van der Waals surface area contributed by atoms with Gasteiger partial charge in [-0.05, 0) is 50.7 Å². The first kappa shape index (κ1) is 22.8. The predicted octanol–water partition coefficient (Wildman–Crippen LogP) is 3.11. The van der Waals surface area contributed by atoms with Crippen molar-refractivity contribution in [2.75, 3.05) is 13.1 Å². The number of nitrogens with one attached hydrogen (secondary N) is 1. The molecule has 0 bridgehead atoms. The van der Waals surface area contributed by atoms with Crippen LogP contribution in [-0.4, -0.2) is 60.6 Å². The van der Waals surface area contributed by atoms with Crippen molar-refractivity contribution in [2.24, 2.45) is 0 Å². The average molecular weight is 502 g/mol. The van der Waals surface area contributed by atoms with Crippen molar-refractivity contribution >= 4 is 28.8 Å². The minimum Gasteiger partial charge on any atom is -0.347 e. The summed E-state index contributed by atoms with van der Waals surface area (Å²) in [5.41, 5.74) is 5.61. The van der Waals surface area contributed by atoms with Gasteiger partial charge in [-0.2, -0.15) is 5.10 Å². The molecule has 0 saturated carbocycles. The van der Waals surface area contributed by atoms with Crippen LogP contribution in [0.2, 0.25) is 0 Å². The number of amides is 2. The molecule has 1 fully saturated rings. The minimum absolute atomic E-state index is 0.110. The monoisotopic (exact) mass is 501 g/mol. The van der Waals surface area contributed by atoms with Crippen LogP contribution >= 0.6 is 11.3 Å². The number of thiazole rings is 1. The number of nitrogens with zero attached hydrogens (tertiary/aromatic N) is 6. The third kappa shape index (κ3) is 4.15. The summed E-state index contributed by atoms with van der Waals surface area (Å²) in [6.45, 7) is 4.97. The van der Waals surface area contributed by atoms with Crippen LogP contribution in [0.4, 0.5) is 0 Å². The Bertz CT molecular complexity index is 1440. The van der Waals surface area contributed by atoms with E-state index in [9.17, 15) is 9.59 Å². The summed E-state index contributed by atoms with van der Waals surface area (Å²) in [6.07, 6.45) is 3.33. The van der Waals surface area contributed by atoms with Gasteiger partial charge in [-0.1, -0.05) is 24.3 Å². The first-order valence-corrected chi connectivity index (χ1v) is 13.2. The van der Waals surface area contributed by atoms with Gasteiger partial charge in [0.25, 0.3) is 11.8 Å². The van der Waals surface area contributed by atoms with E-state index in [1.165, 1.54) is 22.5 Å². The van der Waals surface area contributed by atoms with Crippen molar-refractivity contribution in [3.05, 3.63) is 74.6 Å². The maximum Gasteiger partial charge on any atom is 0.276 e. The summed E-state index contributed by atoms with van der Waals surface area (Å²) in [4.78, 5) is 32.5. The van der Waals surface area contributed by atoms with Crippen LogP contribution in [-0.2, 0) is 12.8 Å². The molecule has 3 aromatic heterocycles. The van der Waals surface area contributed by atoms with E-state index in [-0.39, 0.29) is 23.8 Å². The molecule has 1 aromatic carbocycles. The Balaban J connectivity index is 1.07. The van der Waals surface area contributed by atoms with Crippen molar-refractivity contribution in [1.29, 1.82) is 0 Å². The van der Waals surface area contributed by atoms with Crippen molar-refractivity contribution in [2.45, 2.75) is 51.5 Å². The van der Waals surface area contributed by atoms with E-state index in [2.05, 4.69) is 37.7 Å². The van der Waals surface area contributed by atoms with E-state index in [1.54, 1.807) is 4.52 Å². The van der Waals surface area contributed by atoms with E-state index >= 15 is 0 Å². The highest BCUT2D eigenvalue weighted by Crippen LogP contribution is 2.31. The van der Waals surface area contributed by atoms with E-state index < -0.39 is 0 Å². The zero-order valence-corrected chi connectivity index (χ0v) is 21.1. The molecule has 36 heavy (non-hydrogen) atoms. The topological polar surface area (TPSA) is 105 Å². The Hall–Kier alpha value is -3.66. The highest BCUT2D eigenvalue weighted by Gasteiger charge is 2.30. The molecule has 184 valence electrons. The fourth-order valence-electron chi connectivity index (χ4n) is 5.25. The van der Waals surface area contributed by atoms with Crippen molar-refractivity contribution in [3.63, 3.8) is 0 Å². The largest absolute Gasteiger partial charge is 0.347 e. The van der Waals surface area contributed by atoms with Gasteiger partial charge in [-0.3, -0.25) is 9.59 Å². The fraction of sp³-hybridized carbons (Fsp3) is 0.385. The summed E-state index contributed by atoms with van der Waals surface area (Å²) in [5, 5.41) is 18.7. The second-order valence-corrected chi connectivity index (χ2v) is 10.6. The Morgan fingerprint density at radius 3 is 2.50 bits per heavy atom. The number of hydrogen-bond acceptors (Lipinski definition) is 7. The lowest BCUT2D eigenvalue weighted by Gasteiger charge is -2.31. The molecule has 1 aliphatic heterocycles. The number of rotatable bonds is 4. The molecular formula is C26H27N7O2S. The molecule has 4 aromatic rings. The lowest BCUT2D eigenvalue weighted by Crippen LogP contribution is -2.39. The van der Waals surface area contributed by atoms with Crippen LogP contribution in [0.5, 0.6) is 0 Å². The molecule has 9 nitrogen and oxygen atoms in total. The quantitative estimate of drug-likeness (QED) is 0.461. The first-order valence-electron chi connectivity index (χ1n) is 12.3. The van der Waals surface area contributed by atoms with E-state index in [4.69, 9.17) is 0 Å². The number of benzene rings is 1. The smallest absolute Gasteiger partial charge is 0.276 e. The summed E-state index contributed by atoms with van der Waals surface area (Å²) < 4.78 is 1.68. The third-order valence-corrected chi connectivity index (χ3v) is 8.21. The number of hydrogen-bond donors (Lipinski definition) is 1. The van der Waals surface area contributed by atoms with Gasteiger partial charge in [0.1, 0.15) is 5.69 Å². The summed E-state index contributed by atoms with van der Waals surface area (Å²) >= 11 is 1.53. The van der Waals surface area contributed by atoms with Gasteiger partial charge >= 0.3 is 0 Å². The maximum atomic E-state index is 13.2. The minimum atomic E-state index is -0.120. The summed E-state index contributed by atoms with van der Waals surface area (Å²) in [6, 6.07) is 10.3. The average Bonchev–Trinajstić information content (AvgIpc) is 3.62. The normalized spacial score (nSPS) is 16.4. The molecule has 0 spiro atoms. The Morgan fingerprint density at radius 1 is 1.06 bits per heavy atom. The molecule has 1 N–H and O–H groups in total. The highest BCUT2D eigenvalue weighted by molar-refractivity contribution is 7.09. The van der Waals surface area contributed by atoms with Crippen molar-refractivity contribution in [1.82, 2.24) is 35.0 Å². The van der Waals surface area contributed by atoms with E-state index in [0.29, 0.717) is 35.8 Å². The first-order chi connectivity index (χ1) is 17.5. The zero-order valence-electron chi connectivity index (χ0n) is 20.3. The number of fused-ring (bicyclic) bond motifs is 2. The molecule has 2 amide bonds. The standard InChI is InChI=1S/C26H27N7O2S/c1-15-11-22-29-30-23(16(2)33(22)31-15)26(35)32-9-7-17(8-10-32)25-28-21(14-36-25)24(34)27-20-12-18-5-3-4-6-19(18)13-20/h3-6,11,14,17,20H,7-10,12-13H2,1-2H3,(H,27,34). The molecule has 4 heterocycles. The molecule has 0 atom stereocenters. The third-order valence-electron chi connectivity index (χ3n) is 7.20. The maximum absolute atomic E-state index is 13.2. The summed E-state index contributed by atoms with van der Waals surface area (Å²) in [5.74, 6) is 0.00579. The van der Waals surface area contributed by atoms with Gasteiger partial charge in [0.2, 0.25) is 0 Å². The van der Waals surface area contributed by atoms with Crippen LogP contribution in [0.15, 0.2) is 35.7 Å². The van der Waals surface area contributed by atoms with Gasteiger partial charge in [0, 0.05) is 36.5 Å². The second kappa shape index (κ2) is 9.09. The Morgan fingerprint density at radius 2 is 1.78 bits per heavy atom. The van der Waals surface area contributed by atoms with Crippen LogP contribution < -0.4 is 5.32 Å². The van der Waals surface area contributed by atoms with Crippen LogP contribution in [0, 0.1) is 13.8 Å². The number of carbonyl (C=O) groups is 2. The van der Waals surface area contributed by atoms with Gasteiger partial charge in [-0.15, -0.1) is 21.5 Å². The van der Waals surface area contributed by atoms with Crippen LogP contribution in [0.3, 0.4) is 0 Å². The number of carbonyl (C=O) groups excluding carboxylic acids is 2. The molecule has 0 unspecified atom stereocenters. The fourth-order valence-corrected chi connectivity index (χ4v) is 6.23. The van der Waals surface area contributed by atoms with Crippen molar-refractivity contribution < 1.29 is 9.59 Å². The molecule has 10 heteroatoms. The molecule has 2 aliphatic rings. The van der Waals surface area contributed by atoms with Crippen LogP contribution in [0.25, 0.3) is 5.65 Å². The van der Waals surface area contributed by atoms with Gasteiger partial charge in [0.15, 0.2) is 11.3 Å². The predicted molar refractivity (Wildman–Crippen MR) is 135 cm³/mol. The molecular weight excluding hydrogens is 474 g/mol. The number of aryl methyl sites for hydroxylation is 2. The second-order valence-electron chi connectivity index (χ2n) is 9.67. The van der Waals surface area contributed by atoms with Gasteiger partial charge < -0.3 is 10.2 Å². The zero-order chi connectivity index (χ0) is 24.8. The Labute approximate surface area is 212 Å². The number of piperidine rings is 1. The lowest BCUT2D eigenvalue weighted by molar-refractivity contribution is 0.0704. The number of aromatic nitrogens is 5. The molecule has 1 saturated heterocycles. The van der Waals surface area contributed by atoms with Crippen molar-refractivity contribution in [3.8, 4) is 0 Å². The SMILES string of the molecule is Cc1cc2nnc(C(=O)N3CCC(c4nc(C(=O)NC5Cc6ccccc6C5)cs4)CC3)c(C)n2n1. The van der Waals surface area contributed by atoms with Gasteiger partial charge in [0.05, 0.1) is 16.4 Å². The molecule has 0 radical (unpaired) electrons. The van der Waals surface area contributed by atoms with E-state index in [0.717, 1.165) is 36.4 Å². The molecule has 1 aliphatic carbocycles. The summed E-state index contributed by atoms with van der Waals surface area (Å²) in [7, 11) is 0. The van der Waals surface area contributed by atoms with E-state index in [1.807, 2.05) is 42.3 Å². The molecule has 6 rings (SSSR count).